The summed E-state index contributed by atoms with van der Waals surface area (Å²) in [6, 6.07) is 0. The summed E-state index contributed by atoms with van der Waals surface area (Å²) in [5.74, 6) is -0.318. The van der Waals surface area contributed by atoms with Crippen molar-refractivity contribution in [2.75, 3.05) is 6.61 Å². The van der Waals surface area contributed by atoms with Crippen LogP contribution in [0, 0.1) is 0 Å². The first-order chi connectivity index (χ1) is 18.2. The normalized spacial score (nSPS) is 14.3. The molecule has 1 N–H and O–H groups in total. The average Bonchev–Trinajstić information content (AvgIpc) is 2.91. The second-order valence-electron chi connectivity index (χ2n) is 11.2. The molecule has 0 aliphatic heterocycles. The Labute approximate surface area is 230 Å². The van der Waals surface area contributed by atoms with Crippen molar-refractivity contribution >= 4 is 5.97 Å². The molecule has 0 radical (unpaired) electrons. The van der Waals surface area contributed by atoms with E-state index in [1.807, 2.05) is 18.2 Å². The van der Waals surface area contributed by atoms with Crippen molar-refractivity contribution in [2.24, 2.45) is 0 Å². The van der Waals surface area contributed by atoms with E-state index in [2.05, 4.69) is 13.0 Å². The van der Waals surface area contributed by atoms with E-state index in [0.717, 1.165) is 31.3 Å². The number of hydrogen-bond acceptors (Lipinski definition) is 3. The molecule has 0 bridgehead atoms. The van der Waals surface area contributed by atoms with E-state index in [4.69, 9.17) is 4.74 Å². The zero-order chi connectivity index (χ0) is 26.7. The number of rotatable bonds is 26. The highest BCUT2D eigenvalue weighted by atomic mass is 16.5. The van der Waals surface area contributed by atoms with Crippen LogP contribution in [0.1, 0.15) is 161 Å². The molecule has 0 aromatic rings. The third-order valence-electron chi connectivity index (χ3n) is 7.57. The quantitative estimate of drug-likeness (QED) is 0.0706. The zero-order valence-corrected chi connectivity index (χ0v) is 24.4. The molecule has 0 spiro atoms. The van der Waals surface area contributed by atoms with Gasteiger partial charge in [-0.1, -0.05) is 160 Å². The third kappa shape index (κ3) is 23.5. The Bertz CT molecular complexity index is 604. The van der Waals surface area contributed by atoms with E-state index in [1.54, 1.807) is 0 Å². The highest BCUT2D eigenvalue weighted by Crippen LogP contribution is 2.16. The lowest BCUT2D eigenvalue weighted by atomic mass is 10.0. The van der Waals surface area contributed by atoms with Crippen molar-refractivity contribution in [2.45, 2.75) is 167 Å². The molecule has 0 amide bonds. The molecule has 0 saturated heterocycles. The number of carbonyl (C=O) groups excluding carboxylic acids is 1. The number of aliphatic hydroxyl groups excluding tert-OH is 1. The van der Waals surface area contributed by atoms with Crippen LogP contribution in [-0.2, 0) is 9.53 Å². The van der Waals surface area contributed by atoms with Gasteiger partial charge in [-0.2, -0.15) is 0 Å². The Morgan fingerprint density at radius 3 is 1.73 bits per heavy atom. The zero-order valence-electron chi connectivity index (χ0n) is 24.4. The monoisotopic (exact) mass is 516 g/mol. The lowest BCUT2D eigenvalue weighted by molar-refractivity contribution is -0.138. The number of carbonyl (C=O) groups is 1. The molecule has 0 aromatic carbocycles. The highest BCUT2D eigenvalue weighted by Gasteiger charge is 2.06. The summed E-state index contributed by atoms with van der Waals surface area (Å²) in [5, 5.41) is 10.1. The Morgan fingerprint density at radius 1 is 0.784 bits per heavy atom. The van der Waals surface area contributed by atoms with E-state index in [1.165, 1.54) is 128 Å². The van der Waals surface area contributed by atoms with Crippen molar-refractivity contribution in [1.82, 2.24) is 0 Å². The first-order valence-corrected chi connectivity index (χ1v) is 16.1. The van der Waals surface area contributed by atoms with Gasteiger partial charge in [0.2, 0.25) is 0 Å². The molecular weight excluding hydrogens is 456 g/mol. The number of aliphatic hydroxyl groups is 1. The summed E-state index contributed by atoms with van der Waals surface area (Å²) in [7, 11) is 0. The number of esters is 1. The van der Waals surface area contributed by atoms with Crippen LogP contribution in [-0.4, -0.2) is 23.8 Å². The van der Waals surface area contributed by atoms with Gasteiger partial charge in [-0.05, 0) is 24.8 Å². The van der Waals surface area contributed by atoms with Crippen LogP contribution < -0.4 is 0 Å². The van der Waals surface area contributed by atoms with Gasteiger partial charge < -0.3 is 9.84 Å². The smallest absolute Gasteiger partial charge is 0.330 e. The lowest BCUT2D eigenvalue weighted by Gasteiger charge is -2.10. The Morgan fingerprint density at radius 2 is 1.27 bits per heavy atom. The fourth-order valence-corrected chi connectivity index (χ4v) is 5.06. The minimum absolute atomic E-state index is 0.294. The maximum atomic E-state index is 11.8. The summed E-state index contributed by atoms with van der Waals surface area (Å²) in [4.78, 5) is 11.8. The van der Waals surface area contributed by atoms with Crippen molar-refractivity contribution in [3.63, 3.8) is 0 Å². The van der Waals surface area contributed by atoms with Crippen LogP contribution in [0.2, 0.25) is 0 Å². The molecule has 3 nitrogen and oxygen atoms in total. The summed E-state index contributed by atoms with van der Waals surface area (Å²) in [6.45, 7) is 2.58. The van der Waals surface area contributed by atoms with Crippen molar-refractivity contribution in [1.29, 1.82) is 0 Å². The molecule has 1 unspecified atom stereocenters. The number of hydrogen-bond donors (Lipinski definition) is 1. The minimum atomic E-state index is -0.362. The topological polar surface area (TPSA) is 46.5 Å². The Balaban J connectivity index is 1.76. The Hall–Kier alpha value is -1.35. The molecule has 1 atom stereocenters. The molecule has 214 valence electrons. The van der Waals surface area contributed by atoms with Gasteiger partial charge in [-0.15, -0.1) is 0 Å². The van der Waals surface area contributed by atoms with E-state index in [9.17, 15) is 9.90 Å². The lowest BCUT2D eigenvalue weighted by Crippen LogP contribution is -2.12. The van der Waals surface area contributed by atoms with Gasteiger partial charge in [-0.25, -0.2) is 4.79 Å². The van der Waals surface area contributed by atoms with E-state index in [0.29, 0.717) is 13.0 Å². The van der Waals surface area contributed by atoms with E-state index >= 15 is 0 Å². The van der Waals surface area contributed by atoms with Crippen LogP contribution in [0.4, 0.5) is 0 Å². The predicted octanol–water partition coefficient (Wildman–Crippen LogP) is 10.3. The SMILES string of the molecule is CCCCCCCCCCCCCCCCCCCCCCC(O)CCOC(=O)/C=C/C1=CC=CCC1. The first-order valence-electron chi connectivity index (χ1n) is 16.1. The van der Waals surface area contributed by atoms with Crippen LogP contribution >= 0.6 is 0 Å². The first kappa shape index (κ1) is 33.7. The van der Waals surface area contributed by atoms with E-state index < -0.39 is 0 Å². The van der Waals surface area contributed by atoms with Crippen LogP contribution in [0.15, 0.2) is 36.0 Å². The van der Waals surface area contributed by atoms with Crippen molar-refractivity contribution in [3.05, 3.63) is 36.0 Å². The fourth-order valence-electron chi connectivity index (χ4n) is 5.06. The van der Waals surface area contributed by atoms with Crippen LogP contribution in [0.25, 0.3) is 0 Å². The van der Waals surface area contributed by atoms with Crippen LogP contribution in [0.5, 0.6) is 0 Å². The molecule has 1 aliphatic rings. The van der Waals surface area contributed by atoms with Gasteiger partial charge in [0.25, 0.3) is 0 Å². The Kier molecular flexibility index (Phi) is 23.9. The highest BCUT2D eigenvalue weighted by molar-refractivity contribution is 5.82. The van der Waals surface area contributed by atoms with Gasteiger partial charge >= 0.3 is 5.97 Å². The number of allylic oxidation sites excluding steroid dienone is 5. The average molecular weight is 517 g/mol. The number of unbranched alkanes of at least 4 members (excludes halogenated alkanes) is 19. The predicted molar refractivity (Wildman–Crippen MR) is 160 cm³/mol. The fraction of sp³-hybridized carbons (Fsp3) is 0.794. The molecule has 1 aliphatic carbocycles. The summed E-state index contributed by atoms with van der Waals surface area (Å²) in [5.41, 5.74) is 1.15. The molecular formula is C34H60O3. The standard InChI is InChI=1S/C34H60O3/c1-2-3-4-5-6-7-8-9-10-11-12-13-14-15-16-17-18-19-20-24-27-33(35)30-31-37-34(36)29-28-32-25-22-21-23-26-32/h21-22,25,28-29,33,35H,2-20,23-24,26-27,30-31H2,1H3/b29-28+. The van der Waals surface area contributed by atoms with Gasteiger partial charge in [0.05, 0.1) is 12.7 Å². The summed E-state index contributed by atoms with van der Waals surface area (Å²) in [6.07, 6.45) is 40.1. The maximum absolute atomic E-state index is 11.8. The van der Waals surface area contributed by atoms with Gasteiger partial charge in [0, 0.05) is 12.5 Å². The molecule has 37 heavy (non-hydrogen) atoms. The maximum Gasteiger partial charge on any atom is 0.330 e. The van der Waals surface area contributed by atoms with Crippen molar-refractivity contribution < 1.29 is 14.6 Å². The van der Waals surface area contributed by atoms with Gasteiger partial charge in [-0.3, -0.25) is 0 Å². The van der Waals surface area contributed by atoms with Crippen molar-refractivity contribution in [3.8, 4) is 0 Å². The van der Waals surface area contributed by atoms with Gasteiger partial charge in [0.15, 0.2) is 0 Å². The number of ether oxygens (including phenoxy) is 1. The molecule has 0 saturated carbocycles. The molecule has 0 fully saturated rings. The molecule has 0 aromatic heterocycles. The largest absolute Gasteiger partial charge is 0.462 e. The summed E-state index contributed by atoms with van der Waals surface area (Å²) < 4.78 is 5.22. The molecule has 3 heteroatoms. The molecule has 0 heterocycles. The third-order valence-corrected chi connectivity index (χ3v) is 7.57. The van der Waals surface area contributed by atoms with Gasteiger partial charge in [0.1, 0.15) is 0 Å². The second kappa shape index (κ2) is 26.3. The van der Waals surface area contributed by atoms with E-state index in [-0.39, 0.29) is 12.1 Å². The second-order valence-corrected chi connectivity index (χ2v) is 11.2. The minimum Gasteiger partial charge on any atom is -0.462 e. The molecule has 1 rings (SSSR count). The van der Waals surface area contributed by atoms with Crippen LogP contribution in [0.3, 0.4) is 0 Å². The summed E-state index contributed by atoms with van der Waals surface area (Å²) >= 11 is 0.